The Bertz CT molecular complexity index is 2580. The van der Waals surface area contributed by atoms with Gasteiger partial charge in [0.15, 0.2) is 0 Å². The Hall–Kier alpha value is -6.72. The minimum Gasteiger partial charge on any atom is -0.399 e. The number of aromatic nitrogens is 4. The molecule has 0 saturated carbocycles. The van der Waals surface area contributed by atoms with E-state index in [0.29, 0.717) is 0 Å². The Morgan fingerprint density at radius 1 is 0.429 bits per heavy atom. The van der Waals surface area contributed by atoms with Crippen LogP contribution in [0.2, 0.25) is 0 Å². The van der Waals surface area contributed by atoms with Crippen LogP contribution >= 0.6 is 0 Å². The number of aromatic amines is 2. The second kappa shape index (κ2) is 11.8. The minimum absolute atomic E-state index is 0.725. The number of anilines is 1. The minimum atomic E-state index is 0.725. The lowest BCUT2D eigenvalue weighted by Gasteiger charge is -2.08. The number of hydrogen-bond donors (Lipinski definition) is 3. The SMILES string of the molecule is Nc1ccc(-c2cc3cc4nc(c(-c5ccccc5)c5ccc([nH]5)c(-c5ccccc5)c5nc(c(-c6ccccc6)c2[nH]3)C=C5)C=C4)cc1. The molecule has 4 N–H and O–H groups in total. The van der Waals surface area contributed by atoms with Crippen molar-refractivity contribution in [3.05, 3.63) is 162 Å². The topological polar surface area (TPSA) is 83.4 Å². The molecule has 49 heavy (non-hydrogen) atoms. The zero-order valence-corrected chi connectivity index (χ0v) is 26.6. The highest BCUT2D eigenvalue weighted by Gasteiger charge is 2.18. The zero-order chi connectivity index (χ0) is 32.7. The van der Waals surface area contributed by atoms with Gasteiger partial charge in [0.2, 0.25) is 0 Å². The molecule has 5 nitrogen and oxygen atoms in total. The number of nitrogens with zero attached hydrogens (tertiary/aromatic N) is 2. The van der Waals surface area contributed by atoms with Crippen molar-refractivity contribution in [1.29, 1.82) is 0 Å². The Morgan fingerprint density at radius 2 is 0.939 bits per heavy atom. The molecule has 4 aromatic carbocycles. The smallest absolute Gasteiger partial charge is 0.0737 e. The second-order valence-corrected chi connectivity index (χ2v) is 12.3. The van der Waals surface area contributed by atoms with Crippen LogP contribution in [0.3, 0.4) is 0 Å². The maximum atomic E-state index is 6.13. The van der Waals surface area contributed by atoms with E-state index in [2.05, 4.69) is 143 Å². The monoisotopic (exact) mass is 629 g/mol. The zero-order valence-electron chi connectivity index (χ0n) is 26.6. The van der Waals surface area contributed by atoms with Crippen LogP contribution in [0.4, 0.5) is 5.69 Å². The molecule has 8 bridgehead atoms. The molecule has 0 atom stereocenters. The summed E-state index contributed by atoms with van der Waals surface area (Å²) in [6.07, 6.45) is 8.44. The molecule has 0 fully saturated rings. The van der Waals surface area contributed by atoms with Crippen molar-refractivity contribution in [2.75, 3.05) is 5.73 Å². The summed E-state index contributed by atoms with van der Waals surface area (Å²) in [6, 6.07) is 48.0. The van der Waals surface area contributed by atoms with Gasteiger partial charge in [-0.2, -0.15) is 0 Å². The van der Waals surface area contributed by atoms with Gasteiger partial charge in [0, 0.05) is 44.5 Å². The Labute approximate surface area is 283 Å². The molecule has 5 heterocycles. The van der Waals surface area contributed by atoms with Crippen LogP contribution in [0, 0.1) is 0 Å². The van der Waals surface area contributed by atoms with E-state index >= 15 is 0 Å². The summed E-state index contributed by atoms with van der Waals surface area (Å²) in [4.78, 5) is 18.1. The summed E-state index contributed by atoms with van der Waals surface area (Å²) < 4.78 is 0. The molecule has 0 amide bonds. The predicted octanol–water partition coefficient (Wildman–Crippen LogP) is 10.9. The molecule has 7 aromatic rings. The number of nitrogen functional groups attached to an aromatic ring is 1. The van der Waals surface area contributed by atoms with Crippen LogP contribution in [-0.2, 0) is 0 Å². The van der Waals surface area contributed by atoms with E-state index in [9.17, 15) is 0 Å². The van der Waals surface area contributed by atoms with Gasteiger partial charge in [-0.25, -0.2) is 9.97 Å². The van der Waals surface area contributed by atoms with Gasteiger partial charge in [-0.3, -0.25) is 0 Å². The van der Waals surface area contributed by atoms with E-state index in [4.69, 9.17) is 15.7 Å². The number of nitrogens with one attached hydrogen (secondary N) is 2. The molecule has 3 aromatic heterocycles. The van der Waals surface area contributed by atoms with E-state index in [1.54, 1.807) is 0 Å². The molecule has 0 saturated heterocycles. The van der Waals surface area contributed by atoms with Gasteiger partial charge in [0.25, 0.3) is 0 Å². The van der Waals surface area contributed by atoms with Crippen LogP contribution in [-0.4, -0.2) is 19.9 Å². The summed E-state index contributed by atoms with van der Waals surface area (Å²) in [5, 5.41) is 0. The fourth-order valence-electron chi connectivity index (χ4n) is 6.84. The van der Waals surface area contributed by atoms with Gasteiger partial charge in [0.05, 0.1) is 28.3 Å². The largest absolute Gasteiger partial charge is 0.399 e. The molecule has 0 spiro atoms. The molecular weight excluding hydrogens is 599 g/mol. The first kappa shape index (κ1) is 28.5. The van der Waals surface area contributed by atoms with Crippen molar-refractivity contribution < 1.29 is 0 Å². The van der Waals surface area contributed by atoms with Gasteiger partial charge in [0.1, 0.15) is 0 Å². The quantitative estimate of drug-likeness (QED) is 0.169. The van der Waals surface area contributed by atoms with Crippen LogP contribution in [0.25, 0.3) is 90.9 Å². The number of benzene rings is 4. The second-order valence-electron chi connectivity index (χ2n) is 12.3. The summed E-state index contributed by atoms with van der Waals surface area (Å²) in [6.45, 7) is 0. The van der Waals surface area contributed by atoms with Crippen LogP contribution in [0.1, 0.15) is 22.8 Å². The van der Waals surface area contributed by atoms with Crippen LogP contribution < -0.4 is 5.73 Å². The lowest BCUT2D eigenvalue weighted by Crippen LogP contribution is -1.89. The fourth-order valence-corrected chi connectivity index (χ4v) is 6.84. The molecule has 5 heteroatoms. The van der Waals surface area contributed by atoms with E-state index < -0.39 is 0 Å². The van der Waals surface area contributed by atoms with Gasteiger partial charge in [-0.05, 0) is 83.0 Å². The van der Waals surface area contributed by atoms with E-state index in [0.717, 1.165) is 95.0 Å². The van der Waals surface area contributed by atoms with Crippen molar-refractivity contribution in [2.45, 2.75) is 0 Å². The van der Waals surface area contributed by atoms with Crippen molar-refractivity contribution in [3.8, 4) is 44.5 Å². The van der Waals surface area contributed by atoms with E-state index in [-0.39, 0.29) is 0 Å². The van der Waals surface area contributed by atoms with Crippen molar-refractivity contribution in [2.24, 2.45) is 0 Å². The van der Waals surface area contributed by atoms with E-state index in [1.807, 2.05) is 30.3 Å². The molecule has 0 radical (unpaired) electrons. The van der Waals surface area contributed by atoms with Gasteiger partial charge in [-0.1, -0.05) is 103 Å². The number of H-pyrrole nitrogens is 2. The summed E-state index contributed by atoms with van der Waals surface area (Å²) in [5.41, 5.74) is 22.7. The van der Waals surface area contributed by atoms with Crippen molar-refractivity contribution in [3.63, 3.8) is 0 Å². The number of rotatable bonds is 4. The first-order valence-electron chi connectivity index (χ1n) is 16.4. The standard InChI is InChI=1S/C44H31N5/c45-32-18-16-28(17-19-32)35-27-34-26-33-20-21-36(46-33)41(29-10-4-1-5-11-29)37-22-23-38(48-37)42(30-12-6-2-7-13-30)39-24-25-40(49-39)43(44(35)47-34)31-14-8-3-9-15-31/h1-27,47-48H,45H2. The van der Waals surface area contributed by atoms with E-state index in [1.165, 1.54) is 0 Å². The number of hydrogen-bond acceptors (Lipinski definition) is 3. The van der Waals surface area contributed by atoms with Crippen LogP contribution in [0.5, 0.6) is 0 Å². The molecule has 9 rings (SSSR count). The Balaban J connectivity index is 1.47. The van der Waals surface area contributed by atoms with Gasteiger partial charge < -0.3 is 15.7 Å². The third-order valence-electron chi connectivity index (χ3n) is 9.10. The van der Waals surface area contributed by atoms with Gasteiger partial charge in [-0.15, -0.1) is 0 Å². The highest BCUT2D eigenvalue weighted by Crippen LogP contribution is 2.39. The molecular formula is C44H31N5. The highest BCUT2D eigenvalue weighted by atomic mass is 14.8. The first-order chi connectivity index (χ1) is 24.2. The fraction of sp³-hybridized carbons (Fsp3) is 0. The normalized spacial score (nSPS) is 12.0. The molecule has 2 aliphatic rings. The summed E-state index contributed by atoms with van der Waals surface area (Å²) in [5.74, 6) is 0. The lowest BCUT2D eigenvalue weighted by atomic mass is 9.99. The predicted molar refractivity (Wildman–Crippen MR) is 205 cm³/mol. The molecule has 0 aliphatic carbocycles. The van der Waals surface area contributed by atoms with Crippen molar-refractivity contribution >= 4 is 52.1 Å². The third-order valence-corrected chi connectivity index (χ3v) is 9.10. The summed E-state index contributed by atoms with van der Waals surface area (Å²) >= 11 is 0. The molecule has 232 valence electrons. The van der Waals surface area contributed by atoms with Gasteiger partial charge >= 0.3 is 0 Å². The maximum Gasteiger partial charge on any atom is 0.0737 e. The third kappa shape index (κ3) is 5.24. The number of nitrogens with two attached hydrogens (primary N) is 1. The highest BCUT2D eigenvalue weighted by molar-refractivity contribution is 6.01. The Kier molecular flexibility index (Phi) is 6.87. The Morgan fingerprint density at radius 3 is 1.53 bits per heavy atom. The number of fused-ring (bicyclic) bond motifs is 8. The molecule has 0 unspecified atom stereocenters. The lowest BCUT2D eigenvalue weighted by molar-refractivity contribution is 1.31. The average molecular weight is 630 g/mol. The molecule has 2 aliphatic heterocycles. The average Bonchev–Trinajstić information content (AvgIpc) is 3.97. The first-order valence-corrected chi connectivity index (χ1v) is 16.4. The van der Waals surface area contributed by atoms with Crippen molar-refractivity contribution in [1.82, 2.24) is 19.9 Å². The summed E-state index contributed by atoms with van der Waals surface area (Å²) in [7, 11) is 0. The van der Waals surface area contributed by atoms with Crippen LogP contribution in [0.15, 0.2) is 140 Å². The maximum absolute atomic E-state index is 6.13.